The molecule has 1 heterocycles. The fourth-order valence-electron chi connectivity index (χ4n) is 2.16. The van der Waals surface area contributed by atoms with Gasteiger partial charge in [-0.1, -0.05) is 11.6 Å². The minimum Gasteiger partial charge on any atom is -0.301 e. The Kier molecular flexibility index (Phi) is 5.33. The highest BCUT2D eigenvalue weighted by molar-refractivity contribution is 7.90. The van der Waals surface area contributed by atoms with Crippen LogP contribution in [0.3, 0.4) is 0 Å². The molecule has 0 fully saturated rings. The number of benzene rings is 1. The van der Waals surface area contributed by atoms with Gasteiger partial charge in [-0.25, -0.2) is 21.6 Å². The van der Waals surface area contributed by atoms with Gasteiger partial charge in [-0.15, -0.1) is 10.2 Å². The van der Waals surface area contributed by atoms with Crippen molar-refractivity contribution >= 4 is 31.5 Å². The molecule has 0 aliphatic heterocycles. The predicted octanol–water partition coefficient (Wildman–Crippen LogP) is 1.39. The van der Waals surface area contributed by atoms with E-state index in [0.29, 0.717) is 5.02 Å². The lowest BCUT2D eigenvalue weighted by molar-refractivity contribution is 0.532. The lowest BCUT2D eigenvalue weighted by Gasteiger charge is -2.15. The summed E-state index contributed by atoms with van der Waals surface area (Å²) in [6.07, 6.45) is 1.02. The molecular weight excluding hydrogens is 376 g/mol. The first-order chi connectivity index (χ1) is 11.1. The van der Waals surface area contributed by atoms with E-state index in [1.165, 1.54) is 28.8 Å². The number of halogens is 1. The number of rotatable bonds is 6. The molecule has 1 unspecified atom stereocenters. The van der Waals surface area contributed by atoms with Gasteiger partial charge in [0.25, 0.3) is 0 Å². The zero-order valence-corrected chi connectivity index (χ0v) is 15.7. The van der Waals surface area contributed by atoms with Gasteiger partial charge in [0.2, 0.25) is 25.0 Å². The lowest BCUT2D eigenvalue weighted by Crippen LogP contribution is -2.29. The molecule has 0 saturated heterocycles. The van der Waals surface area contributed by atoms with Crippen LogP contribution in [-0.4, -0.2) is 37.9 Å². The molecule has 2 aromatic rings. The molecule has 8 nitrogen and oxygen atoms in total. The second kappa shape index (κ2) is 6.79. The van der Waals surface area contributed by atoms with Crippen LogP contribution in [0.1, 0.15) is 25.7 Å². The highest BCUT2D eigenvalue weighted by atomic mass is 35.5. The number of nitrogens with zero attached hydrogens (tertiary/aromatic N) is 3. The molecule has 1 N–H and O–H groups in total. The maximum absolute atomic E-state index is 12.4. The molecule has 11 heteroatoms. The van der Waals surface area contributed by atoms with Gasteiger partial charge in [-0.2, -0.15) is 0 Å². The molecule has 1 aromatic carbocycles. The average molecular weight is 393 g/mol. The Labute approximate surface area is 145 Å². The third-order valence-corrected chi connectivity index (χ3v) is 6.01. The topological polar surface area (TPSA) is 111 Å². The second-order valence-corrected chi connectivity index (χ2v) is 9.21. The molecule has 1 aromatic heterocycles. The molecule has 24 heavy (non-hydrogen) atoms. The van der Waals surface area contributed by atoms with E-state index in [1.54, 1.807) is 13.8 Å². The van der Waals surface area contributed by atoms with Gasteiger partial charge in [-0.3, -0.25) is 0 Å². The lowest BCUT2D eigenvalue weighted by atomic mass is 10.3. The summed E-state index contributed by atoms with van der Waals surface area (Å²) in [5.74, 6) is 0.218. The number of aromatic nitrogens is 3. The highest BCUT2D eigenvalue weighted by Gasteiger charge is 2.26. The first-order valence-electron chi connectivity index (χ1n) is 6.97. The highest BCUT2D eigenvalue weighted by Crippen LogP contribution is 2.19. The summed E-state index contributed by atoms with van der Waals surface area (Å²) >= 11 is 5.75. The molecule has 2 rings (SSSR count). The third-order valence-electron chi connectivity index (χ3n) is 3.24. The molecule has 132 valence electrons. The van der Waals surface area contributed by atoms with Crippen LogP contribution in [-0.2, 0) is 26.4 Å². The van der Waals surface area contributed by atoms with Crippen molar-refractivity contribution in [3.8, 4) is 0 Å². The molecule has 0 bridgehead atoms. The smallest absolute Gasteiger partial charge is 0.249 e. The van der Waals surface area contributed by atoms with E-state index in [-0.39, 0.29) is 22.4 Å². The van der Waals surface area contributed by atoms with E-state index in [0.717, 1.165) is 6.26 Å². The van der Waals surface area contributed by atoms with Gasteiger partial charge in [0, 0.05) is 17.8 Å². The molecular formula is C13H17ClN4O4S2. The van der Waals surface area contributed by atoms with Crippen LogP contribution in [0.25, 0.3) is 0 Å². The molecule has 0 saturated carbocycles. The van der Waals surface area contributed by atoms with Gasteiger partial charge < -0.3 is 4.57 Å². The number of hydrogen-bond acceptors (Lipinski definition) is 6. The summed E-state index contributed by atoms with van der Waals surface area (Å²) in [4.78, 5) is 0.0460. The van der Waals surface area contributed by atoms with Crippen molar-refractivity contribution in [2.45, 2.75) is 36.5 Å². The van der Waals surface area contributed by atoms with Crippen molar-refractivity contribution in [2.24, 2.45) is 0 Å². The Balaban J connectivity index is 2.35. The molecule has 0 radical (unpaired) electrons. The van der Waals surface area contributed by atoms with Crippen LogP contribution in [0.5, 0.6) is 0 Å². The molecule has 1 atom stereocenters. The average Bonchev–Trinajstić information content (AvgIpc) is 2.91. The maximum Gasteiger partial charge on any atom is 0.249 e. The Bertz CT molecular complexity index is 937. The van der Waals surface area contributed by atoms with Gasteiger partial charge in [0.1, 0.15) is 0 Å². The largest absolute Gasteiger partial charge is 0.301 e. The fourth-order valence-corrected chi connectivity index (χ4v) is 4.30. The quantitative estimate of drug-likeness (QED) is 0.795. The van der Waals surface area contributed by atoms with Crippen molar-refractivity contribution < 1.29 is 16.8 Å². The van der Waals surface area contributed by atoms with Crippen LogP contribution in [0.4, 0.5) is 0 Å². The van der Waals surface area contributed by atoms with E-state index in [4.69, 9.17) is 11.6 Å². The van der Waals surface area contributed by atoms with Crippen molar-refractivity contribution in [2.75, 3.05) is 6.26 Å². The summed E-state index contributed by atoms with van der Waals surface area (Å²) in [6.45, 7) is 3.58. The van der Waals surface area contributed by atoms with E-state index in [2.05, 4.69) is 14.9 Å². The normalized spacial score (nSPS) is 13.8. The van der Waals surface area contributed by atoms with E-state index in [1.807, 2.05) is 0 Å². The SMILES string of the molecule is CCn1c(C(C)NS(=O)(=O)c2ccc(Cl)cc2)nnc1S(C)(=O)=O. The standard InChI is InChI=1S/C13H17ClN4O4S2/c1-4-18-12(15-16-13(18)23(3,19)20)9(2)17-24(21,22)11-7-5-10(14)6-8-11/h5-9,17H,4H2,1-3H3. The molecule has 0 aliphatic rings. The maximum atomic E-state index is 12.4. The van der Waals surface area contributed by atoms with Crippen molar-refractivity contribution in [3.05, 3.63) is 35.1 Å². The number of nitrogens with one attached hydrogen (secondary N) is 1. The fraction of sp³-hybridized carbons (Fsp3) is 0.385. The Hall–Kier alpha value is -1.49. The Morgan fingerprint density at radius 2 is 1.75 bits per heavy atom. The van der Waals surface area contributed by atoms with Crippen LogP contribution in [0.15, 0.2) is 34.3 Å². The minimum absolute atomic E-state index is 0.0460. The zero-order valence-electron chi connectivity index (χ0n) is 13.3. The van der Waals surface area contributed by atoms with E-state index in [9.17, 15) is 16.8 Å². The van der Waals surface area contributed by atoms with Gasteiger partial charge in [-0.05, 0) is 38.1 Å². The van der Waals surface area contributed by atoms with Crippen molar-refractivity contribution in [1.29, 1.82) is 0 Å². The second-order valence-electron chi connectivity index (χ2n) is 5.15. The predicted molar refractivity (Wildman–Crippen MR) is 89.0 cm³/mol. The first-order valence-corrected chi connectivity index (χ1v) is 10.7. The van der Waals surface area contributed by atoms with Crippen molar-refractivity contribution in [1.82, 2.24) is 19.5 Å². The molecule has 0 aliphatic carbocycles. The zero-order chi connectivity index (χ0) is 18.1. The monoisotopic (exact) mass is 392 g/mol. The van der Waals surface area contributed by atoms with Crippen LogP contribution in [0, 0.1) is 0 Å². The summed E-state index contributed by atoms with van der Waals surface area (Å²) < 4.78 is 52.1. The minimum atomic E-state index is -3.81. The molecule has 0 amide bonds. The first kappa shape index (κ1) is 18.8. The van der Waals surface area contributed by atoms with Crippen LogP contribution >= 0.6 is 11.6 Å². The summed E-state index contributed by atoms with van der Waals surface area (Å²) in [6, 6.07) is 4.93. The summed E-state index contributed by atoms with van der Waals surface area (Å²) in [5.41, 5.74) is 0. The third kappa shape index (κ3) is 3.94. The molecule has 0 spiro atoms. The van der Waals surface area contributed by atoms with Gasteiger partial charge >= 0.3 is 0 Å². The van der Waals surface area contributed by atoms with Gasteiger partial charge in [0.05, 0.1) is 10.9 Å². The van der Waals surface area contributed by atoms with Crippen LogP contribution in [0.2, 0.25) is 5.02 Å². The number of sulfone groups is 1. The van der Waals surface area contributed by atoms with Crippen LogP contribution < -0.4 is 4.72 Å². The number of sulfonamides is 1. The van der Waals surface area contributed by atoms with E-state index < -0.39 is 25.9 Å². The summed E-state index contributed by atoms with van der Waals surface area (Å²) in [5, 5.41) is 7.72. The Morgan fingerprint density at radius 1 is 1.17 bits per heavy atom. The van der Waals surface area contributed by atoms with Gasteiger partial charge in [0.15, 0.2) is 5.82 Å². The van der Waals surface area contributed by atoms with E-state index >= 15 is 0 Å². The number of hydrogen-bond donors (Lipinski definition) is 1. The van der Waals surface area contributed by atoms with Crippen molar-refractivity contribution in [3.63, 3.8) is 0 Å². The summed E-state index contributed by atoms with van der Waals surface area (Å²) in [7, 11) is -7.38. The Morgan fingerprint density at radius 3 is 2.25 bits per heavy atom.